The lowest BCUT2D eigenvalue weighted by Crippen LogP contribution is -2.45. The van der Waals surface area contributed by atoms with Crippen LogP contribution in [0.1, 0.15) is 56.3 Å². The van der Waals surface area contributed by atoms with E-state index in [1.165, 1.54) is 4.90 Å². The molecule has 2 aromatic carbocycles. The van der Waals surface area contributed by atoms with Crippen LogP contribution in [0.15, 0.2) is 42.5 Å². The summed E-state index contributed by atoms with van der Waals surface area (Å²) >= 11 is 0. The topological polar surface area (TPSA) is 123 Å². The van der Waals surface area contributed by atoms with Gasteiger partial charge in [0.05, 0.1) is 6.04 Å². The molecule has 1 heterocycles. The van der Waals surface area contributed by atoms with E-state index in [0.29, 0.717) is 31.2 Å². The molecule has 204 valence electrons. The van der Waals surface area contributed by atoms with Crippen molar-refractivity contribution in [2.75, 3.05) is 18.6 Å². The van der Waals surface area contributed by atoms with Gasteiger partial charge in [0.25, 0.3) is 0 Å². The maximum Gasteiger partial charge on any atom is 0.227 e. The number of amides is 1. The van der Waals surface area contributed by atoms with Crippen LogP contribution in [0.25, 0.3) is 10.8 Å². The fraction of sp³-hybridized carbons (Fsp3) is 0.483. The zero-order valence-electron chi connectivity index (χ0n) is 22.1. The van der Waals surface area contributed by atoms with Crippen LogP contribution in [0.4, 0.5) is 0 Å². The number of Topliss-reactive ketones (excluding diaryl/α,β-unsaturated/α-hetero) is 3. The fourth-order valence-corrected chi connectivity index (χ4v) is 5.78. The van der Waals surface area contributed by atoms with Crippen LogP contribution in [-0.2, 0) is 29.0 Å². The molecule has 0 aliphatic carbocycles. The lowest BCUT2D eigenvalue weighted by molar-refractivity contribution is -0.142. The van der Waals surface area contributed by atoms with Gasteiger partial charge in [-0.1, -0.05) is 50.2 Å². The van der Waals surface area contributed by atoms with Gasteiger partial charge in [0.1, 0.15) is 17.8 Å². The van der Waals surface area contributed by atoms with E-state index < -0.39 is 39.3 Å². The Bertz CT molecular complexity index is 1330. The number of nitrogens with zero attached hydrogens (tertiary/aromatic N) is 1. The number of aldehydes is 1. The van der Waals surface area contributed by atoms with Crippen molar-refractivity contribution in [1.29, 1.82) is 0 Å². The molecule has 1 aliphatic heterocycles. The number of fused-ring (bicyclic) bond motifs is 1. The highest BCUT2D eigenvalue weighted by Crippen LogP contribution is 2.28. The normalized spacial score (nSPS) is 17.4. The second-order valence-corrected chi connectivity index (χ2v) is 12.7. The van der Waals surface area contributed by atoms with Gasteiger partial charge in [-0.25, -0.2) is 8.42 Å². The minimum Gasteiger partial charge on any atom is -0.332 e. The van der Waals surface area contributed by atoms with Crippen molar-refractivity contribution in [2.24, 2.45) is 17.8 Å². The largest absolute Gasteiger partial charge is 0.332 e. The third kappa shape index (κ3) is 7.66. The minimum absolute atomic E-state index is 0.0171. The van der Waals surface area contributed by atoms with E-state index in [1.807, 2.05) is 50.2 Å². The van der Waals surface area contributed by atoms with E-state index in [2.05, 4.69) is 0 Å². The molecule has 38 heavy (non-hydrogen) atoms. The molecular formula is C29H35NO7S. The van der Waals surface area contributed by atoms with Crippen molar-refractivity contribution in [1.82, 2.24) is 4.90 Å². The zero-order valence-corrected chi connectivity index (χ0v) is 22.9. The SMILES string of the molecule is CC(C)[C@H](CC(=O)c1ccc2ccccc2c1)C(=O)N1CCC[C@H]1C(=O)C[C@H](C=O)CC(=O)CS(C)(=O)=O. The standard InChI is InChI=1S/C29H35NO7S/c1-19(2)25(16-27(33)23-11-10-21-7-4-5-8-22(21)15-23)29(35)30-12-6-9-26(30)28(34)14-20(17-31)13-24(32)18-38(3,36)37/h4-5,7-8,10-11,15,17,19-20,25-26H,6,9,12-14,16,18H2,1-3H3/t20-,25+,26+/m1/s1. The Labute approximate surface area is 223 Å². The average molecular weight is 542 g/mol. The molecule has 0 aromatic heterocycles. The highest BCUT2D eigenvalue weighted by Gasteiger charge is 2.39. The predicted molar refractivity (Wildman–Crippen MR) is 144 cm³/mol. The summed E-state index contributed by atoms with van der Waals surface area (Å²) in [5, 5.41) is 1.96. The summed E-state index contributed by atoms with van der Waals surface area (Å²) in [6.45, 7) is 4.12. The summed E-state index contributed by atoms with van der Waals surface area (Å²) in [4.78, 5) is 64.9. The van der Waals surface area contributed by atoms with Gasteiger partial charge in [-0.15, -0.1) is 0 Å². The van der Waals surface area contributed by atoms with Gasteiger partial charge in [-0.2, -0.15) is 0 Å². The maximum atomic E-state index is 13.6. The number of ketones is 3. The molecule has 1 fully saturated rings. The predicted octanol–water partition coefficient (Wildman–Crippen LogP) is 3.45. The quantitative estimate of drug-likeness (QED) is 0.281. The summed E-state index contributed by atoms with van der Waals surface area (Å²) in [5.74, 6) is -3.73. The fourth-order valence-electron chi connectivity index (χ4n) is 5.07. The summed E-state index contributed by atoms with van der Waals surface area (Å²) in [6, 6.07) is 12.5. The molecular weight excluding hydrogens is 506 g/mol. The van der Waals surface area contributed by atoms with Crippen LogP contribution in [0.3, 0.4) is 0 Å². The number of carbonyl (C=O) groups excluding carboxylic acids is 5. The second-order valence-electron chi connectivity index (χ2n) is 10.6. The third-order valence-electron chi connectivity index (χ3n) is 7.08. The molecule has 0 saturated carbocycles. The summed E-state index contributed by atoms with van der Waals surface area (Å²) in [6.07, 6.45) is 1.93. The van der Waals surface area contributed by atoms with Gasteiger partial charge in [0.15, 0.2) is 21.4 Å². The van der Waals surface area contributed by atoms with Crippen molar-refractivity contribution in [3.63, 3.8) is 0 Å². The van der Waals surface area contributed by atoms with Crippen LogP contribution < -0.4 is 0 Å². The van der Waals surface area contributed by atoms with Gasteiger partial charge in [0, 0.05) is 49.5 Å². The summed E-state index contributed by atoms with van der Waals surface area (Å²) in [5.41, 5.74) is 0.531. The molecule has 3 atom stereocenters. The van der Waals surface area contributed by atoms with Crippen molar-refractivity contribution in [3.05, 3.63) is 48.0 Å². The molecule has 8 nitrogen and oxygen atoms in total. The van der Waals surface area contributed by atoms with Gasteiger partial charge in [-0.3, -0.25) is 19.2 Å². The van der Waals surface area contributed by atoms with Crippen molar-refractivity contribution >= 4 is 50.2 Å². The summed E-state index contributed by atoms with van der Waals surface area (Å²) < 4.78 is 22.7. The maximum absolute atomic E-state index is 13.6. The highest BCUT2D eigenvalue weighted by molar-refractivity contribution is 7.91. The number of hydrogen-bond donors (Lipinski definition) is 0. The first-order valence-corrected chi connectivity index (χ1v) is 15.0. The number of benzene rings is 2. The Balaban J connectivity index is 1.69. The van der Waals surface area contributed by atoms with Crippen molar-refractivity contribution in [2.45, 2.75) is 52.0 Å². The second kappa shape index (κ2) is 12.6. The molecule has 0 bridgehead atoms. The molecule has 0 spiro atoms. The van der Waals surface area contributed by atoms with Gasteiger partial charge in [-0.05, 0) is 35.6 Å². The van der Waals surface area contributed by atoms with Gasteiger partial charge in [0.2, 0.25) is 5.91 Å². The molecule has 0 N–H and O–H groups in total. The Morgan fingerprint density at radius 2 is 1.68 bits per heavy atom. The van der Waals surface area contributed by atoms with E-state index in [4.69, 9.17) is 0 Å². The molecule has 1 amide bonds. The first kappa shape index (κ1) is 29.4. The number of likely N-dealkylation sites (tertiary alicyclic amines) is 1. The van der Waals surface area contributed by atoms with Gasteiger partial charge >= 0.3 is 0 Å². The van der Waals surface area contributed by atoms with Crippen LogP contribution in [0.5, 0.6) is 0 Å². The lowest BCUT2D eigenvalue weighted by atomic mass is 9.86. The molecule has 2 aromatic rings. The third-order valence-corrected chi connectivity index (χ3v) is 7.92. The highest BCUT2D eigenvalue weighted by atomic mass is 32.2. The minimum atomic E-state index is -3.53. The molecule has 1 saturated heterocycles. The monoisotopic (exact) mass is 541 g/mol. The Morgan fingerprint density at radius 1 is 1.00 bits per heavy atom. The van der Waals surface area contributed by atoms with Crippen molar-refractivity contribution in [3.8, 4) is 0 Å². The molecule has 0 radical (unpaired) electrons. The average Bonchev–Trinajstić information content (AvgIpc) is 3.35. The molecule has 9 heteroatoms. The smallest absolute Gasteiger partial charge is 0.227 e. The zero-order chi connectivity index (χ0) is 28.0. The Hall–Kier alpha value is -3.20. The molecule has 1 aliphatic rings. The first-order valence-electron chi connectivity index (χ1n) is 12.9. The first-order chi connectivity index (χ1) is 17.9. The molecule has 3 rings (SSSR count). The molecule has 0 unspecified atom stereocenters. The number of rotatable bonds is 13. The summed E-state index contributed by atoms with van der Waals surface area (Å²) in [7, 11) is -3.53. The van der Waals surface area contributed by atoms with Crippen LogP contribution >= 0.6 is 0 Å². The van der Waals surface area contributed by atoms with Crippen LogP contribution in [0, 0.1) is 17.8 Å². The van der Waals surface area contributed by atoms with Crippen LogP contribution in [0.2, 0.25) is 0 Å². The lowest BCUT2D eigenvalue weighted by Gasteiger charge is -2.30. The number of sulfone groups is 1. The van der Waals surface area contributed by atoms with Crippen molar-refractivity contribution < 1.29 is 32.4 Å². The van der Waals surface area contributed by atoms with Gasteiger partial charge < -0.3 is 9.69 Å². The Morgan fingerprint density at radius 3 is 2.32 bits per heavy atom. The van der Waals surface area contributed by atoms with E-state index >= 15 is 0 Å². The number of hydrogen-bond acceptors (Lipinski definition) is 7. The van der Waals surface area contributed by atoms with E-state index in [1.54, 1.807) is 6.07 Å². The number of carbonyl (C=O) groups is 5. The Kier molecular flexibility index (Phi) is 9.71. The van der Waals surface area contributed by atoms with E-state index in [9.17, 15) is 32.4 Å². The van der Waals surface area contributed by atoms with E-state index in [-0.39, 0.29) is 42.7 Å². The van der Waals surface area contributed by atoms with Crippen LogP contribution in [-0.4, -0.2) is 67.5 Å². The van der Waals surface area contributed by atoms with E-state index in [0.717, 1.165) is 17.0 Å².